The number of nitriles is 1. The van der Waals surface area contributed by atoms with E-state index in [1.165, 1.54) is 4.52 Å². The zero-order valence-corrected chi connectivity index (χ0v) is 8.50. The maximum Gasteiger partial charge on any atom is 0.157 e. The number of nitrogens with zero attached hydrogens (tertiary/aromatic N) is 4. The van der Waals surface area contributed by atoms with Crippen molar-refractivity contribution in [2.75, 3.05) is 0 Å². The van der Waals surface area contributed by atoms with Crippen LogP contribution in [0.15, 0.2) is 6.07 Å². The summed E-state index contributed by atoms with van der Waals surface area (Å²) in [6.45, 7) is 3.61. The van der Waals surface area contributed by atoms with Crippen LogP contribution in [0.25, 0.3) is 5.65 Å². The molecule has 4 nitrogen and oxygen atoms in total. The van der Waals surface area contributed by atoms with E-state index in [9.17, 15) is 0 Å². The van der Waals surface area contributed by atoms with Crippen molar-refractivity contribution < 1.29 is 0 Å². The van der Waals surface area contributed by atoms with Crippen molar-refractivity contribution in [1.29, 1.82) is 5.26 Å². The lowest BCUT2D eigenvalue weighted by Gasteiger charge is -2.01. The largest absolute Gasteiger partial charge is 0.212 e. The Morgan fingerprint density at radius 1 is 1.50 bits per heavy atom. The van der Waals surface area contributed by atoms with Crippen LogP contribution in [0, 0.1) is 25.2 Å². The number of halogens is 1. The Kier molecular flexibility index (Phi) is 1.90. The average molecular weight is 207 g/mol. The Hall–Kier alpha value is -1.60. The SMILES string of the molecule is Cc1nc2cc(C)c(C#N)c(Cl)n2n1. The van der Waals surface area contributed by atoms with E-state index in [2.05, 4.69) is 10.1 Å². The molecule has 5 heteroatoms. The Morgan fingerprint density at radius 3 is 2.86 bits per heavy atom. The molecule has 0 aliphatic carbocycles. The molecule has 0 spiro atoms. The fraction of sp³-hybridized carbons (Fsp3) is 0.222. The molecule has 14 heavy (non-hydrogen) atoms. The molecular weight excluding hydrogens is 200 g/mol. The van der Waals surface area contributed by atoms with Gasteiger partial charge in [-0.05, 0) is 25.5 Å². The van der Waals surface area contributed by atoms with Crippen LogP contribution in [0.4, 0.5) is 0 Å². The summed E-state index contributed by atoms with van der Waals surface area (Å²) >= 11 is 6.00. The molecule has 0 atom stereocenters. The second kappa shape index (κ2) is 2.96. The minimum absolute atomic E-state index is 0.322. The second-order valence-corrected chi connectivity index (χ2v) is 3.39. The molecule has 0 bridgehead atoms. The lowest BCUT2D eigenvalue weighted by atomic mass is 10.2. The van der Waals surface area contributed by atoms with Gasteiger partial charge in [0.1, 0.15) is 11.9 Å². The molecule has 2 heterocycles. The molecule has 0 aliphatic heterocycles. The topological polar surface area (TPSA) is 54.0 Å². The fourth-order valence-electron chi connectivity index (χ4n) is 1.34. The van der Waals surface area contributed by atoms with Gasteiger partial charge in [0.25, 0.3) is 0 Å². The van der Waals surface area contributed by atoms with Crippen LogP contribution in [0.3, 0.4) is 0 Å². The lowest BCUT2D eigenvalue weighted by molar-refractivity contribution is 0.926. The van der Waals surface area contributed by atoms with E-state index < -0.39 is 0 Å². The van der Waals surface area contributed by atoms with Gasteiger partial charge in [-0.25, -0.2) is 9.50 Å². The van der Waals surface area contributed by atoms with Crippen molar-refractivity contribution in [2.45, 2.75) is 13.8 Å². The molecule has 0 unspecified atom stereocenters. The van der Waals surface area contributed by atoms with Gasteiger partial charge < -0.3 is 0 Å². The summed E-state index contributed by atoms with van der Waals surface area (Å²) in [4.78, 5) is 4.17. The number of fused-ring (bicyclic) bond motifs is 1. The van der Waals surface area contributed by atoms with Crippen LogP contribution >= 0.6 is 11.6 Å². The molecule has 0 N–H and O–H groups in total. The highest BCUT2D eigenvalue weighted by Crippen LogP contribution is 2.20. The van der Waals surface area contributed by atoms with Gasteiger partial charge in [-0.15, -0.1) is 0 Å². The van der Waals surface area contributed by atoms with E-state index in [-0.39, 0.29) is 0 Å². The second-order valence-electron chi connectivity index (χ2n) is 3.03. The standard InChI is InChI=1S/C9H7ClN4/c1-5-3-8-12-6(2)13-14(8)9(10)7(5)4-11/h3H,1-2H3. The molecule has 0 aliphatic rings. The van der Waals surface area contributed by atoms with E-state index >= 15 is 0 Å². The summed E-state index contributed by atoms with van der Waals surface area (Å²) in [7, 11) is 0. The predicted octanol–water partition coefficient (Wildman–Crippen LogP) is 1.87. The molecule has 2 aromatic heterocycles. The minimum atomic E-state index is 0.322. The molecule has 0 saturated heterocycles. The smallest absolute Gasteiger partial charge is 0.157 e. The van der Waals surface area contributed by atoms with Crippen molar-refractivity contribution in [3.63, 3.8) is 0 Å². The van der Waals surface area contributed by atoms with E-state index in [4.69, 9.17) is 16.9 Å². The molecule has 2 aromatic rings. The van der Waals surface area contributed by atoms with Gasteiger partial charge in [-0.2, -0.15) is 10.4 Å². The normalized spacial score (nSPS) is 10.4. The summed E-state index contributed by atoms with van der Waals surface area (Å²) in [5, 5.41) is 13.3. The number of hydrogen-bond acceptors (Lipinski definition) is 3. The van der Waals surface area contributed by atoms with Crippen LogP contribution in [0.1, 0.15) is 17.0 Å². The van der Waals surface area contributed by atoms with E-state index in [1.807, 2.05) is 13.0 Å². The van der Waals surface area contributed by atoms with E-state index in [1.54, 1.807) is 13.0 Å². The highest BCUT2D eigenvalue weighted by molar-refractivity contribution is 6.31. The Labute approximate surface area is 85.7 Å². The van der Waals surface area contributed by atoms with Crippen LogP contribution < -0.4 is 0 Å². The molecule has 0 saturated carbocycles. The molecule has 0 radical (unpaired) electrons. The molecule has 2 rings (SSSR count). The van der Waals surface area contributed by atoms with Crippen LogP contribution in [-0.4, -0.2) is 14.6 Å². The highest BCUT2D eigenvalue weighted by Gasteiger charge is 2.11. The summed E-state index contributed by atoms with van der Waals surface area (Å²) in [6.07, 6.45) is 0. The van der Waals surface area contributed by atoms with Gasteiger partial charge in [-0.3, -0.25) is 0 Å². The van der Waals surface area contributed by atoms with Crippen LogP contribution in [-0.2, 0) is 0 Å². The van der Waals surface area contributed by atoms with Gasteiger partial charge in [0, 0.05) is 0 Å². The van der Waals surface area contributed by atoms with Crippen molar-refractivity contribution in [3.8, 4) is 6.07 Å². The van der Waals surface area contributed by atoms with Crippen molar-refractivity contribution >= 4 is 17.2 Å². The van der Waals surface area contributed by atoms with E-state index in [0.717, 1.165) is 5.56 Å². The van der Waals surface area contributed by atoms with Gasteiger partial charge in [-0.1, -0.05) is 11.6 Å². The summed E-state index contributed by atoms with van der Waals surface area (Å²) in [5.41, 5.74) is 1.94. The number of aromatic nitrogens is 3. The summed E-state index contributed by atoms with van der Waals surface area (Å²) in [5.74, 6) is 0.640. The van der Waals surface area contributed by atoms with Gasteiger partial charge in [0.05, 0.1) is 5.56 Å². The number of aryl methyl sites for hydroxylation is 2. The van der Waals surface area contributed by atoms with Gasteiger partial charge in [0.2, 0.25) is 0 Å². The molecular formula is C9H7ClN4. The zero-order valence-electron chi connectivity index (χ0n) is 7.74. The van der Waals surface area contributed by atoms with E-state index in [0.29, 0.717) is 22.2 Å². The zero-order chi connectivity index (χ0) is 10.3. The summed E-state index contributed by atoms with van der Waals surface area (Å²) < 4.78 is 1.47. The first kappa shape index (κ1) is 8.97. The third-order valence-electron chi connectivity index (χ3n) is 1.98. The molecule has 0 amide bonds. The molecule has 0 fully saturated rings. The highest BCUT2D eigenvalue weighted by atomic mass is 35.5. The minimum Gasteiger partial charge on any atom is -0.212 e. The van der Waals surface area contributed by atoms with Gasteiger partial charge >= 0.3 is 0 Å². The third-order valence-corrected chi connectivity index (χ3v) is 2.33. The number of hydrogen-bond donors (Lipinski definition) is 0. The van der Waals surface area contributed by atoms with Crippen LogP contribution in [0.5, 0.6) is 0 Å². The van der Waals surface area contributed by atoms with Crippen molar-refractivity contribution in [2.24, 2.45) is 0 Å². The quantitative estimate of drug-likeness (QED) is 0.619. The monoisotopic (exact) mass is 206 g/mol. The maximum absolute atomic E-state index is 8.87. The van der Waals surface area contributed by atoms with Crippen molar-refractivity contribution in [3.05, 3.63) is 28.2 Å². The third kappa shape index (κ3) is 1.14. The first-order chi connectivity index (χ1) is 6.63. The summed E-state index contributed by atoms with van der Waals surface area (Å²) in [6, 6.07) is 3.84. The van der Waals surface area contributed by atoms with Gasteiger partial charge in [0.15, 0.2) is 10.8 Å². The van der Waals surface area contributed by atoms with Crippen molar-refractivity contribution in [1.82, 2.24) is 14.6 Å². The van der Waals surface area contributed by atoms with Crippen LogP contribution in [0.2, 0.25) is 5.15 Å². The molecule has 70 valence electrons. The maximum atomic E-state index is 8.87. The number of pyridine rings is 1. The Morgan fingerprint density at radius 2 is 2.21 bits per heavy atom. The number of rotatable bonds is 0. The Balaban J connectivity index is 2.93. The lowest BCUT2D eigenvalue weighted by Crippen LogP contribution is -1.95. The predicted molar refractivity (Wildman–Crippen MR) is 52.2 cm³/mol. The first-order valence-electron chi connectivity index (χ1n) is 4.06. The fourth-order valence-corrected chi connectivity index (χ4v) is 1.65. The molecule has 0 aromatic carbocycles. The Bertz CT molecular complexity index is 550. The first-order valence-corrected chi connectivity index (χ1v) is 4.44. The average Bonchev–Trinajstić information content (AvgIpc) is 2.47.